The average Bonchev–Trinajstić information content (AvgIpc) is 2.74. The van der Waals surface area contributed by atoms with E-state index in [1.54, 1.807) is 13.1 Å². The second kappa shape index (κ2) is 9.91. The highest BCUT2D eigenvalue weighted by atomic mass is 32.2. The zero-order valence-corrected chi connectivity index (χ0v) is 17.1. The number of guanidine groups is 1. The molecule has 1 heterocycles. The van der Waals surface area contributed by atoms with Gasteiger partial charge in [0, 0.05) is 50.4 Å². The molecule has 2 aromatic carbocycles. The summed E-state index contributed by atoms with van der Waals surface area (Å²) in [5.74, 6) is 2.87. The van der Waals surface area contributed by atoms with E-state index in [9.17, 15) is 13.2 Å². The molecule has 1 saturated heterocycles. The lowest BCUT2D eigenvalue weighted by molar-refractivity contribution is -0.137. The molecule has 0 aliphatic carbocycles. The first-order chi connectivity index (χ1) is 14.0. The number of aliphatic imine (C=N–C) groups is 1. The number of nitrogens with one attached hydrogen (secondary N) is 2. The molecule has 1 fully saturated rings. The Morgan fingerprint density at radius 3 is 2.28 bits per heavy atom. The van der Waals surface area contributed by atoms with E-state index in [1.165, 1.54) is 11.8 Å². The molecule has 1 aliphatic heterocycles. The Hall–Kier alpha value is -2.35. The highest BCUT2D eigenvalue weighted by Crippen LogP contribution is 2.29. The summed E-state index contributed by atoms with van der Waals surface area (Å²) in [4.78, 5) is 6.53. The van der Waals surface area contributed by atoms with Crippen LogP contribution in [0.3, 0.4) is 0 Å². The van der Waals surface area contributed by atoms with E-state index in [0.29, 0.717) is 18.1 Å². The summed E-state index contributed by atoms with van der Waals surface area (Å²) < 4.78 is 38.5. The first kappa shape index (κ1) is 21.4. The molecule has 2 N–H and O–H groups in total. The highest BCUT2D eigenvalue weighted by molar-refractivity contribution is 7.99. The van der Waals surface area contributed by atoms with Gasteiger partial charge in [0.05, 0.1) is 5.56 Å². The second-order valence-corrected chi connectivity index (χ2v) is 7.97. The minimum Gasteiger partial charge on any atom is -0.370 e. The molecule has 0 bridgehead atoms. The fraction of sp³-hybridized carbons (Fsp3) is 0.381. The van der Waals surface area contributed by atoms with Crippen LogP contribution >= 0.6 is 11.8 Å². The van der Waals surface area contributed by atoms with E-state index < -0.39 is 11.7 Å². The number of anilines is 1. The molecule has 156 valence electrons. The van der Waals surface area contributed by atoms with Crippen LogP contribution in [-0.2, 0) is 19.3 Å². The van der Waals surface area contributed by atoms with E-state index >= 15 is 0 Å². The lowest BCUT2D eigenvalue weighted by Crippen LogP contribution is -2.36. The van der Waals surface area contributed by atoms with Crippen LogP contribution in [0.4, 0.5) is 18.9 Å². The minimum absolute atomic E-state index is 0.259. The monoisotopic (exact) mass is 422 g/mol. The third-order valence-electron chi connectivity index (χ3n) is 4.71. The van der Waals surface area contributed by atoms with Crippen molar-refractivity contribution in [3.05, 3.63) is 65.2 Å². The van der Waals surface area contributed by atoms with Crippen molar-refractivity contribution in [2.45, 2.75) is 19.3 Å². The number of alkyl halides is 3. The van der Waals surface area contributed by atoms with Crippen LogP contribution < -0.4 is 15.5 Å². The summed E-state index contributed by atoms with van der Waals surface area (Å²) in [6.07, 6.45) is -4.34. The number of halogens is 3. The van der Waals surface area contributed by atoms with Gasteiger partial charge in [0.2, 0.25) is 0 Å². The van der Waals surface area contributed by atoms with Crippen LogP contribution in [0.15, 0.2) is 53.5 Å². The lowest BCUT2D eigenvalue weighted by Gasteiger charge is -2.28. The maximum atomic E-state index is 12.8. The smallest absolute Gasteiger partial charge is 0.370 e. The van der Waals surface area contributed by atoms with Gasteiger partial charge in [-0.1, -0.05) is 24.3 Å². The first-order valence-electron chi connectivity index (χ1n) is 9.48. The summed E-state index contributed by atoms with van der Waals surface area (Å²) in [7, 11) is 1.64. The molecular formula is C21H25F3N4S. The van der Waals surface area contributed by atoms with Crippen molar-refractivity contribution in [1.82, 2.24) is 10.6 Å². The number of thioether (sulfide) groups is 1. The third-order valence-corrected chi connectivity index (χ3v) is 5.65. The maximum Gasteiger partial charge on any atom is 0.416 e. The van der Waals surface area contributed by atoms with Gasteiger partial charge in [-0.2, -0.15) is 24.9 Å². The predicted molar refractivity (Wildman–Crippen MR) is 114 cm³/mol. The maximum absolute atomic E-state index is 12.8. The molecule has 0 radical (unpaired) electrons. The average molecular weight is 423 g/mol. The van der Waals surface area contributed by atoms with Gasteiger partial charge >= 0.3 is 6.18 Å². The largest absolute Gasteiger partial charge is 0.416 e. The van der Waals surface area contributed by atoms with E-state index in [-0.39, 0.29) is 6.54 Å². The van der Waals surface area contributed by atoms with E-state index in [4.69, 9.17) is 0 Å². The molecule has 3 rings (SSSR count). The van der Waals surface area contributed by atoms with Crippen molar-refractivity contribution in [2.24, 2.45) is 4.99 Å². The molecule has 0 unspecified atom stereocenters. The van der Waals surface area contributed by atoms with Crippen LogP contribution in [0.1, 0.15) is 16.7 Å². The molecule has 4 nitrogen and oxygen atoms in total. The Morgan fingerprint density at radius 2 is 1.66 bits per heavy atom. The number of rotatable bonds is 5. The summed E-state index contributed by atoms with van der Waals surface area (Å²) in [6.45, 7) is 3.00. The van der Waals surface area contributed by atoms with Crippen LogP contribution in [0.2, 0.25) is 0 Å². The van der Waals surface area contributed by atoms with Gasteiger partial charge in [-0.15, -0.1) is 0 Å². The zero-order valence-electron chi connectivity index (χ0n) is 16.3. The number of benzene rings is 2. The van der Waals surface area contributed by atoms with Crippen molar-refractivity contribution < 1.29 is 13.2 Å². The highest BCUT2D eigenvalue weighted by Gasteiger charge is 2.30. The van der Waals surface area contributed by atoms with Crippen LogP contribution in [0, 0.1) is 0 Å². The van der Waals surface area contributed by atoms with Gasteiger partial charge in [-0.25, -0.2) is 0 Å². The predicted octanol–water partition coefficient (Wildman–Crippen LogP) is 4.12. The Labute approximate surface area is 173 Å². The molecule has 2 aromatic rings. The van der Waals surface area contributed by atoms with Crippen LogP contribution in [-0.4, -0.2) is 37.6 Å². The summed E-state index contributed by atoms with van der Waals surface area (Å²) in [5.41, 5.74) is 2.25. The Bertz CT molecular complexity index is 815. The van der Waals surface area contributed by atoms with Crippen molar-refractivity contribution in [1.29, 1.82) is 0 Å². The summed E-state index contributed by atoms with van der Waals surface area (Å²) in [5, 5.41) is 6.26. The Kier molecular flexibility index (Phi) is 7.30. The standard InChI is InChI=1S/C21H25F3N4S/c1-25-20(27-15-17-3-2-4-18(13-17)21(22,23)24)26-14-16-5-7-19(8-6-16)28-9-11-29-12-10-28/h2-8,13H,9-12,14-15H2,1H3,(H2,25,26,27). The number of hydrogen-bond donors (Lipinski definition) is 2. The van der Waals surface area contributed by atoms with Crippen molar-refractivity contribution in [3.8, 4) is 0 Å². The summed E-state index contributed by atoms with van der Waals surface area (Å²) >= 11 is 1.99. The van der Waals surface area contributed by atoms with E-state index in [1.807, 2.05) is 11.8 Å². The van der Waals surface area contributed by atoms with Gasteiger partial charge in [0.15, 0.2) is 5.96 Å². The van der Waals surface area contributed by atoms with Gasteiger partial charge in [-0.05, 0) is 35.4 Å². The lowest BCUT2D eigenvalue weighted by atomic mass is 10.1. The molecule has 29 heavy (non-hydrogen) atoms. The molecule has 8 heteroatoms. The van der Waals surface area contributed by atoms with Gasteiger partial charge < -0.3 is 15.5 Å². The van der Waals surface area contributed by atoms with Crippen LogP contribution in [0.5, 0.6) is 0 Å². The topological polar surface area (TPSA) is 39.7 Å². The quantitative estimate of drug-likeness (QED) is 0.562. The van der Waals surface area contributed by atoms with Gasteiger partial charge in [-0.3, -0.25) is 4.99 Å². The van der Waals surface area contributed by atoms with Gasteiger partial charge in [0.25, 0.3) is 0 Å². The molecule has 0 atom stereocenters. The normalized spacial score (nSPS) is 15.3. The minimum atomic E-state index is -4.34. The second-order valence-electron chi connectivity index (χ2n) is 6.74. The van der Waals surface area contributed by atoms with Crippen molar-refractivity contribution in [3.63, 3.8) is 0 Å². The third kappa shape index (κ3) is 6.32. The molecule has 0 saturated carbocycles. The van der Waals surface area contributed by atoms with Crippen molar-refractivity contribution in [2.75, 3.05) is 36.5 Å². The first-order valence-corrected chi connectivity index (χ1v) is 10.6. The van der Waals surface area contributed by atoms with Gasteiger partial charge in [0.1, 0.15) is 0 Å². The van der Waals surface area contributed by atoms with Crippen LogP contribution in [0.25, 0.3) is 0 Å². The SMILES string of the molecule is CN=C(NCc1ccc(N2CCSCC2)cc1)NCc1cccc(C(F)(F)F)c1. The molecule has 1 aliphatic rings. The fourth-order valence-corrected chi connectivity index (χ4v) is 4.00. The number of hydrogen-bond acceptors (Lipinski definition) is 3. The molecule has 0 aromatic heterocycles. The fourth-order valence-electron chi connectivity index (χ4n) is 3.10. The summed E-state index contributed by atoms with van der Waals surface area (Å²) in [6, 6.07) is 13.7. The molecular weight excluding hydrogens is 397 g/mol. The molecule has 0 amide bonds. The Balaban J connectivity index is 1.50. The molecule has 0 spiro atoms. The van der Waals surface area contributed by atoms with Crippen molar-refractivity contribution >= 4 is 23.4 Å². The Morgan fingerprint density at radius 1 is 1.00 bits per heavy atom. The van der Waals surface area contributed by atoms with E-state index in [0.717, 1.165) is 42.3 Å². The number of nitrogens with zero attached hydrogens (tertiary/aromatic N) is 2. The van der Waals surface area contributed by atoms with E-state index in [2.05, 4.69) is 44.8 Å². The zero-order chi connectivity index (χ0) is 20.7.